The number of ether oxygens (including phenoxy) is 1. The van der Waals surface area contributed by atoms with Gasteiger partial charge < -0.3 is 9.84 Å². The predicted molar refractivity (Wildman–Crippen MR) is 58.8 cm³/mol. The maximum absolute atomic E-state index is 11.6. The maximum Gasteiger partial charge on any atom is 0.313 e. The van der Waals surface area contributed by atoms with Crippen LogP contribution in [0.25, 0.3) is 0 Å². The van der Waals surface area contributed by atoms with Crippen molar-refractivity contribution >= 4 is 11.9 Å². The third kappa shape index (κ3) is 3.22. The molecule has 0 aliphatic heterocycles. The van der Waals surface area contributed by atoms with Crippen LogP contribution in [0.4, 0.5) is 0 Å². The van der Waals surface area contributed by atoms with Gasteiger partial charge in [-0.3, -0.25) is 9.59 Å². The van der Waals surface area contributed by atoms with Gasteiger partial charge in [0.25, 0.3) is 0 Å². The number of carboxylic acid groups (broad SMARTS) is 1. The summed E-state index contributed by atoms with van der Waals surface area (Å²) >= 11 is 0. The molecule has 0 saturated carbocycles. The first-order valence-corrected chi connectivity index (χ1v) is 5.23. The molecule has 0 amide bonds. The average molecular weight is 224 g/mol. The minimum absolute atomic E-state index is 0.148. The van der Waals surface area contributed by atoms with Crippen molar-refractivity contribution in [1.82, 2.24) is 0 Å². The highest BCUT2D eigenvalue weighted by Crippen LogP contribution is 2.26. The summed E-state index contributed by atoms with van der Waals surface area (Å²) in [6, 6.07) is 0. The summed E-state index contributed by atoms with van der Waals surface area (Å²) in [5.41, 5.74) is 0.736. The third-order valence-corrected chi connectivity index (χ3v) is 2.47. The SMILES string of the molecule is C=C(C)COC(=O)C1C=CCCC1C(=O)O. The molecule has 0 fully saturated rings. The number of hydrogen-bond donors (Lipinski definition) is 1. The monoisotopic (exact) mass is 224 g/mol. The molecule has 2 atom stereocenters. The molecule has 0 spiro atoms. The van der Waals surface area contributed by atoms with E-state index in [1.807, 2.05) is 6.08 Å². The van der Waals surface area contributed by atoms with Gasteiger partial charge in [-0.2, -0.15) is 0 Å². The van der Waals surface area contributed by atoms with Crippen LogP contribution in [0.5, 0.6) is 0 Å². The van der Waals surface area contributed by atoms with E-state index in [0.29, 0.717) is 12.8 Å². The van der Waals surface area contributed by atoms with E-state index in [4.69, 9.17) is 9.84 Å². The van der Waals surface area contributed by atoms with Crippen molar-refractivity contribution < 1.29 is 19.4 Å². The Kier molecular flexibility index (Phi) is 4.28. The van der Waals surface area contributed by atoms with Gasteiger partial charge in [0.1, 0.15) is 6.61 Å². The number of esters is 1. The zero-order chi connectivity index (χ0) is 12.1. The summed E-state index contributed by atoms with van der Waals surface area (Å²) in [6.45, 7) is 5.51. The molecule has 0 radical (unpaired) electrons. The highest BCUT2D eigenvalue weighted by molar-refractivity contribution is 5.83. The number of rotatable bonds is 4. The minimum Gasteiger partial charge on any atom is -0.481 e. The molecule has 2 unspecified atom stereocenters. The Morgan fingerprint density at radius 1 is 1.56 bits per heavy atom. The lowest BCUT2D eigenvalue weighted by atomic mass is 9.84. The van der Waals surface area contributed by atoms with Gasteiger partial charge in [-0.15, -0.1) is 0 Å². The molecule has 0 aromatic carbocycles. The largest absolute Gasteiger partial charge is 0.481 e. The summed E-state index contributed by atoms with van der Waals surface area (Å²) in [7, 11) is 0. The van der Waals surface area contributed by atoms with Crippen molar-refractivity contribution in [3.05, 3.63) is 24.3 Å². The van der Waals surface area contributed by atoms with Crippen LogP contribution in [-0.2, 0) is 14.3 Å². The van der Waals surface area contributed by atoms with Crippen molar-refractivity contribution in [2.75, 3.05) is 6.61 Å². The third-order valence-electron chi connectivity index (χ3n) is 2.47. The fourth-order valence-electron chi connectivity index (χ4n) is 1.64. The van der Waals surface area contributed by atoms with Gasteiger partial charge in [-0.25, -0.2) is 0 Å². The lowest BCUT2D eigenvalue weighted by molar-refractivity contribution is -0.155. The zero-order valence-electron chi connectivity index (χ0n) is 9.31. The summed E-state index contributed by atoms with van der Waals surface area (Å²) in [4.78, 5) is 22.6. The van der Waals surface area contributed by atoms with Gasteiger partial charge in [0, 0.05) is 0 Å². The summed E-state index contributed by atoms with van der Waals surface area (Å²) in [5.74, 6) is -2.75. The molecule has 16 heavy (non-hydrogen) atoms. The van der Waals surface area contributed by atoms with E-state index in [1.54, 1.807) is 13.0 Å². The Hall–Kier alpha value is -1.58. The van der Waals surface area contributed by atoms with Crippen LogP contribution in [0, 0.1) is 11.8 Å². The Morgan fingerprint density at radius 3 is 2.81 bits per heavy atom. The number of allylic oxidation sites excluding steroid dienone is 1. The second-order valence-electron chi connectivity index (χ2n) is 4.04. The Bertz CT molecular complexity index is 330. The molecule has 0 aromatic heterocycles. The number of carboxylic acids is 1. The van der Waals surface area contributed by atoms with Gasteiger partial charge in [-0.05, 0) is 25.3 Å². The van der Waals surface area contributed by atoms with Crippen LogP contribution >= 0.6 is 0 Å². The van der Waals surface area contributed by atoms with Gasteiger partial charge >= 0.3 is 11.9 Å². The molecular weight excluding hydrogens is 208 g/mol. The standard InChI is InChI=1S/C12H16O4/c1-8(2)7-16-12(15)10-6-4-3-5-9(10)11(13)14/h4,6,9-10H,1,3,5,7H2,2H3,(H,13,14). The Balaban J connectivity index is 2.64. The first kappa shape index (κ1) is 12.5. The van der Waals surface area contributed by atoms with Crippen molar-refractivity contribution in [1.29, 1.82) is 0 Å². The first-order valence-electron chi connectivity index (χ1n) is 5.23. The van der Waals surface area contributed by atoms with Crippen LogP contribution in [0.1, 0.15) is 19.8 Å². The van der Waals surface area contributed by atoms with Gasteiger partial charge in [-0.1, -0.05) is 18.7 Å². The van der Waals surface area contributed by atoms with Crippen LogP contribution in [0.3, 0.4) is 0 Å². The van der Waals surface area contributed by atoms with Crippen LogP contribution in [-0.4, -0.2) is 23.7 Å². The lowest BCUT2D eigenvalue weighted by Crippen LogP contribution is -2.31. The highest BCUT2D eigenvalue weighted by atomic mass is 16.5. The molecule has 1 N–H and O–H groups in total. The van der Waals surface area contributed by atoms with Crippen LogP contribution in [0.2, 0.25) is 0 Å². The fourth-order valence-corrected chi connectivity index (χ4v) is 1.64. The van der Waals surface area contributed by atoms with E-state index in [9.17, 15) is 9.59 Å². The Morgan fingerprint density at radius 2 is 2.25 bits per heavy atom. The quantitative estimate of drug-likeness (QED) is 0.584. The number of hydrogen-bond acceptors (Lipinski definition) is 3. The first-order chi connectivity index (χ1) is 7.52. The topological polar surface area (TPSA) is 63.6 Å². The predicted octanol–water partition coefficient (Wildman–Crippen LogP) is 1.77. The van der Waals surface area contributed by atoms with E-state index in [2.05, 4.69) is 6.58 Å². The smallest absolute Gasteiger partial charge is 0.313 e. The molecule has 1 aliphatic carbocycles. The maximum atomic E-state index is 11.6. The van der Waals surface area contributed by atoms with E-state index < -0.39 is 23.8 Å². The van der Waals surface area contributed by atoms with Gasteiger partial charge in [0.2, 0.25) is 0 Å². The van der Waals surface area contributed by atoms with Crippen molar-refractivity contribution in [2.45, 2.75) is 19.8 Å². The van der Waals surface area contributed by atoms with Crippen LogP contribution < -0.4 is 0 Å². The molecule has 4 nitrogen and oxygen atoms in total. The van der Waals surface area contributed by atoms with Crippen molar-refractivity contribution in [3.8, 4) is 0 Å². The molecule has 0 saturated heterocycles. The number of aliphatic carboxylic acids is 1. The van der Waals surface area contributed by atoms with Crippen molar-refractivity contribution in [3.63, 3.8) is 0 Å². The minimum atomic E-state index is -0.943. The normalized spacial score (nSPS) is 23.8. The number of carbonyl (C=O) groups excluding carboxylic acids is 1. The highest BCUT2D eigenvalue weighted by Gasteiger charge is 2.34. The summed E-state index contributed by atoms with van der Waals surface area (Å²) in [6.07, 6.45) is 4.63. The van der Waals surface area contributed by atoms with E-state index in [0.717, 1.165) is 5.57 Å². The molecule has 88 valence electrons. The fraction of sp³-hybridized carbons (Fsp3) is 0.500. The molecular formula is C12H16O4. The Labute approximate surface area is 94.6 Å². The summed E-state index contributed by atoms with van der Waals surface area (Å²) < 4.78 is 4.97. The summed E-state index contributed by atoms with van der Waals surface area (Å²) in [5, 5.41) is 8.98. The molecule has 4 heteroatoms. The molecule has 0 aromatic rings. The average Bonchev–Trinajstić information content (AvgIpc) is 2.25. The van der Waals surface area contributed by atoms with Gasteiger partial charge in [0.05, 0.1) is 11.8 Å². The van der Waals surface area contributed by atoms with E-state index >= 15 is 0 Å². The van der Waals surface area contributed by atoms with Crippen LogP contribution in [0.15, 0.2) is 24.3 Å². The second-order valence-corrected chi connectivity index (χ2v) is 4.04. The van der Waals surface area contributed by atoms with Crippen molar-refractivity contribution in [2.24, 2.45) is 11.8 Å². The molecule has 1 rings (SSSR count). The number of carbonyl (C=O) groups is 2. The van der Waals surface area contributed by atoms with E-state index in [1.165, 1.54) is 0 Å². The molecule has 0 bridgehead atoms. The van der Waals surface area contributed by atoms with Gasteiger partial charge in [0.15, 0.2) is 0 Å². The zero-order valence-corrected chi connectivity index (χ0v) is 9.31. The molecule has 1 aliphatic rings. The lowest BCUT2D eigenvalue weighted by Gasteiger charge is -2.22. The van der Waals surface area contributed by atoms with E-state index in [-0.39, 0.29) is 6.61 Å². The second kappa shape index (κ2) is 5.49. The molecule has 0 heterocycles.